The summed E-state index contributed by atoms with van der Waals surface area (Å²) < 4.78 is 3.99. The minimum Gasteiger partial charge on any atom is -0.335 e. The average molecular weight is 316 g/mol. The van der Waals surface area contributed by atoms with Gasteiger partial charge in [0.05, 0.1) is 5.69 Å². The third-order valence-electron chi connectivity index (χ3n) is 3.70. The third-order valence-corrected chi connectivity index (χ3v) is 4.68. The van der Waals surface area contributed by atoms with E-state index in [4.69, 9.17) is 11.6 Å². The Hall–Kier alpha value is -0.680. The van der Waals surface area contributed by atoms with Gasteiger partial charge >= 0.3 is 0 Å². The van der Waals surface area contributed by atoms with Crippen LogP contribution in [0, 0.1) is 0 Å². The van der Waals surface area contributed by atoms with Crippen molar-refractivity contribution in [2.24, 2.45) is 0 Å². The van der Waals surface area contributed by atoms with Crippen molar-refractivity contribution in [3.05, 3.63) is 10.6 Å². The van der Waals surface area contributed by atoms with E-state index in [0.29, 0.717) is 16.8 Å². The standard InChI is InChI=1S/C14H22ClN3OS/c1-14(2,3)12-11(20-17-16-12)13(19)18(9-5-8-15)10-6-4-7-10/h10H,4-9H2,1-3H3. The van der Waals surface area contributed by atoms with Crippen LogP contribution < -0.4 is 0 Å². The largest absolute Gasteiger partial charge is 0.335 e. The SMILES string of the molecule is CC(C)(C)c1nnsc1C(=O)N(CCCCl)C1CCC1. The highest BCUT2D eigenvalue weighted by molar-refractivity contribution is 7.08. The highest BCUT2D eigenvalue weighted by atomic mass is 35.5. The Labute approximate surface area is 129 Å². The first kappa shape index (κ1) is 15.7. The summed E-state index contributed by atoms with van der Waals surface area (Å²) in [7, 11) is 0. The van der Waals surface area contributed by atoms with E-state index >= 15 is 0 Å². The summed E-state index contributed by atoms with van der Waals surface area (Å²) in [6, 6.07) is 0.376. The van der Waals surface area contributed by atoms with E-state index in [0.717, 1.165) is 31.5 Å². The minimum atomic E-state index is -0.157. The molecule has 1 amide bonds. The molecule has 0 N–H and O–H groups in total. The van der Waals surface area contributed by atoms with Gasteiger partial charge in [0.25, 0.3) is 5.91 Å². The Bertz CT molecular complexity index is 465. The number of nitrogens with zero attached hydrogens (tertiary/aromatic N) is 3. The number of amides is 1. The molecule has 0 aliphatic heterocycles. The van der Waals surface area contributed by atoms with Crippen molar-refractivity contribution in [1.29, 1.82) is 0 Å². The van der Waals surface area contributed by atoms with Crippen LogP contribution in [0.3, 0.4) is 0 Å². The zero-order valence-electron chi connectivity index (χ0n) is 12.4. The molecule has 1 saturated carbocycles. The van der Waals surface area contributed by atoms with Crippen molar-refractivity contribution >= 4 is 29.0 Å². The lowest BCUT2D eigenvalue weighted by Crippen LogP contribution is -2.45. The zero-order chi connectivity index (χ0) is 14.8. The van der Waals surface area contributed by atoms with Gasteiger partial charge in [0.15, 0.2) is 0 Å². The summed E-state index contributed by atoms with van der Waals surface area (Å²) in [6.45, 7) is 6.92. The summed E-state index contributed by atoms with van der Waals surface area (Å²) in [5.74, 6) is 0.670. The number of carbonyl (C=O) groups is 1. The van der Waals surface area contributed by atoms with Crippen molar-refractivity contribution in [3.63, 3.8) is 0 Å². The monoisotopic (exact) mass is 315 g/mol. The lowest BCUT2D eigenvalue weighted by Gasteiger charge is -2.37. The van der Waals surface area contributed by atoms with Crippen LogP contribution in [0.4, 0.5) is 0 Å². The lowest BCUT2D eigenvalue weighted by atomic mass is 9.89. The van der Waals surface area contributed by atoms with Crippen molar-refractivity contribution < 1.29 is 4.79 Å². The fourth-order valence-corrected chi connectivity index (χ4v) is 3.28. The predicted molar refractivity (Wildman–Crippen MR) is 82.6 cm³/mol. The van der Waals surface area contributed by atoms with E-state index < -0.39 is 0 Å². The zero-order valence-corrected chi connectivity index (χ0v) is 13.9. The molecule has 0 aromatic carbocycles. The highest BCUT2D eigenvalue weighted by Crippen LogP contribution is 2.31. The molecule has 1 aromatic heterocycles. The molecule has 0 spiro atoms. The molecule has 4 nitrogen and oxygen atoms in total. The Morgan fingerprint density at radius 2 is 2.15 bits per heavy atom. The first-order chi connectivity index (χ1) is 9.45. The number of rotatable bonds is 5. The van der Waals surface area contributed by atoms with Gasteiger partial charge in [0.2, 0.25) is 0 Å². The van der Waals surface area contributed by atoms with Crippen LogP contribution in [0.2, 0.25) is 0 Å². The second kappa shape index (κ2) is 6.39. The second-order valence-electron chi connectivity index (χ2n) is 6.33. The fourth-order valence-electron chi connectivity index (χ4n) is 2.33. The molecular weight excluding hydrogens is 294 g/mol. The van der Waals surface area contributed by atoms with Gasteiger partial charge in [0.1, 0.15) is 4.88 Å². The molecule has 112 valence electrons. The van der Waals surface area contributed by atoms with Crippen LogP contribution in [0.5, 0.6) is 0 Å². The molecule has 1 aliphatic carbocycles. The van der Waals surface area contributed by atoms with Gasteiger partial charge < -0.3 is 4.90 Å². The quantitative estimate of drug-likeness (QED) is 0.782. The van der Waals surface area contributed by atoms with Crippen LogP contribution in [0.15, 0.2) is 0 Å². The van der Waals surface area contributed by atoms with Gasteiger partial charge in [0, 0.05) is 23.9 Å². The Balaban J connectivity index is 2.21. The third kappa shape index (κ3) is 3.31. The second-order valence-corrected chi connectivity index (χ2v) is 7.46. The predicted octanol–water partition coefficient (Wildman–Crippen LogP) is 3.46. The van der Waals surface area contributed by atoms with Gasteiger partial charge in [-0.05, 0) is 37.2 Å². The molecule has 0 saturated heterocycles. The normalized spacial score (nSPS) is 16.0. The minimum absolute atomic E-state index is 0.0831. The fraction of sp³-hybridized carbons (Fsp3) is 0.786. The molecule has 1 aliphatic rings. The summed E-state index contributed by atoms with van der Waals surface area (Å²) in [5.41, 5.74) is 0.651. The summed E-state index contributed by atoms with van der Waals surface area (Å²) in [5, 5.41) is 4.17. The van der Waals surface area contributed by atoms with Gasteiger partial charge in [-0.2, -0.15) is 0 Å². The average Bonchev–Trinajstić information content (AvgIpc) is 2.79. The number of hydrogen-bond donors (Lipinski definition) is 0. The summed E-state index contributed by atoms with van der Waals surface area (Å²) in [4.78, 5) is 15.5. The maximum Gasteiger partial charge on any atom is 0.267 e. The van der Waals surface area contributed by atoms with Gasteiger partial charge in [-0.15, -0.1) is 16.7 Å². The Morgan fingerprint density at radius 1 is 1.45 bits per heavy atom. The molecule has 20 heavy (non-hydrogen) atoms. The molecule has 0 radical (unpaired) electrons. The number of carbonyl (C=O) groups excluding carboxylic acids is 1. The van der Waals surface area contributed by atoms with E-state index in [1.54, 1.807) is 0 Å². The van der Waals surface area contributed by atoms with E-state index in [1.807, 2.05) is 4.90 Å². The van der Waals surface area contributed by atoms with Crippen LogP contribution in [-0.2, 0) is 5.41 Å². The Morgan fingerprint density at radius 3 is 2.65 bits per heavy atom. The molecule has 2 rings (SSSR count). The first-order valence-corrected chi connectivity index (χ1v) is 8.45. The molecule has 0 bridgehead atoms. The number of hydrogen-bond acceptors (Lipinski definition) is 4. The number of aromatic nitrogens is 2. The van der Waals surface area contributed by atoms with Gasteiger partial charge in [-0.1, -0.05) is 25.3 Å². The molecule has 0 atom stereocenters. The smallest absolute Gasteiger partial charge is 0.267 e. The van der Waals surface area contributed by atoms with Crippen LogP contribution >= 0.6 is 23.1 Å². The lowest BCUT2D eigenvalue weighted by molar-refractivity contribution is 0.0583. The van der Waals surface area contributed by atoms with Crippen LogP contribution in [0.25, 0.3) is 0 Å². The summed E-state index contributed by atoms with van der Waals surface area (Å²) in [6.07, 6.45) is 4.25. The number of alkyl halides is 1. The molecule has 0 unspecified atom stereocenters. The highest BCUT2D eigenvalue weighted by Gasteiger charge is 2.33. The molecule has 1 heterocycles. The van der Waals surface area contributed by atoms with Crippen molar-refractivity contribution in [3.8, 4) is 0 Å². The summed E-state index contributed by atoms with van der Waals surface area (Å²) >= 11 is 7.00. The van der Waals surface area contributed by atoms with Crippen molar-refractivity contribution in [1.82, 2.24) is 14.5 Å². The van der Waals surface area contributed by atoms with Crippen LogP contribution in [-0.4, -0.2) is 38.9 Å². The van der Waals surface area contributed by atoms with Gasteiger partial charge in [-0.25, -0.2) is 0 Å². The van der Waals surface area contributed by atoms with Crippen molar-refractivity contribution in [2.45, 2.75) is 57.9 Å². The van der Waals surface area contributed by atoms with Gasteiger partial charge in [-0.3, -0.25) is 4.79 Å². The molecule has 6 heteroatoms. The molecule has 1 fully saturated rings. The van der Waals surface area contributed by atoms with Crippen molar-refractivity contribution in [2.75, 3.05) is 12.4 Å². The van der Waals surface area contributed by atoms with E-state index in [-0.39, 0.29) is 11.3 Å². The molecule has 1 aromatic rings. The Kier molecular flexibility index (Phi) is 5.02. The first-order valence-electron chi connectivity index (χ1n) is 7.15. The molecular formula is C14H22ClN3OS. The maximum absolute atomic E-state index is 12.8. The van der Waals surface area contributed by atoms with E-state index in [2.05, 4.69) is 30.4 Å². The number of halogens is 1. The topological polar surface area (TPSA) is 46.1 Å². The maximum atomic E-state index is 12.8. The van der Waals surface area contributed by atoms with Crippen LogP contribution in [0.1, 0.15) is 61.8 Å². The van der Waals surface area contributed by atoms with E-state index in [9.17, 15) is 4.79 Å². The van der Waals surface area contributed by atoms with E-state index in [1.165, 1.54) is 18.0 Å².